The molecular weight excluding hydrogens is 481 g/mol. The molecule has 8 heteroatoms. The number of carbonyl (C=O) groups is 1. The van der Waals surface area contributed by atoms with Crippen LogP contribution in [0, 0.1) is 5.92 Å². The Labute approximate surface area is 195 Å². The number of aliphatic imine (C=N–C) groups is 1. The van der Waals surface area contributed by atoms with E-state index in [1.54, 1.807) is 7.05 Å². The molecule has 0 spiro atoms. The van der Waals surface area contributed by atoms with Crippen LogP contribution in [-0.4, -0.2) is 67.9 Å². The molecule has 1 atom stereocenters. The maximum absolute atomic E-state index is 12.1. The van der Waals surface area contributed by atoms with Gasteiger partial charge >= 0.3 is 6.09 Å². The number of guanidine groups is 1. The van der Waals surface area contributed by atoms with E-state index in [4.69, 9.17) is 4.74 Å². The highest BCUT2D eigenvalue weighted by Crippen LogP contribution is 2.11. The number of carbonyl (C=O) groups excluding carboxylic acids is 1. The molecule has 1 aliphatic heterocycles. The summed E-state index contributed by atoms with van der Waals surface area (Å²) in [5, 5.41) is 9.87. The molecule has 7 nitrogen and oxygen atoms in total. The van der Waals surface area contributed by atoms with E-state index >= 15 is 0 Å². The van der Waals surface area contributed by atoms with Crippen molar-refractivity contribution >= 4 is 36.0 Å². The topological polar surface area (TPSA) is 78.0 Å². The number of hydrogen-bond acceptors (Lipinski definition) is 4. The van der Waals surface area contributed by atoms with E-state index in [9.17, 15) is 4.79 Å². The SMILES string of the molecule is CCCCN1CCC(NC(=NC)NCC(NC(=O)OC(C)(C)C)C(C)C)CC1.I. The van der Waals surface area contributed by atoms with Crippen LogP contribution in [0.5, 0.6) is 0 Å². The van der Waals surface area contributed by atoms with Crippen molar-refractivity contribution in [1.82, 2.24) is 20.9 Å². The van der Waals surface area contributed by atoms with Crippen molar-refractivity contribution < 1.29 is 9.53 Å². The summed E-state index contributed by atoms with van der Waals surface area (Å²) in [5.74, 6) is 1.07. The fourth-order valence-electron chi connectivity index (χ4n) is 3.19. The highest BCUT2D eigenvalue weighted by atomic mass is 127. The summed E-state index contributed by atoms with van der Waals surface area (Å²) < 4.78 is 5.38. The van der Waals surface area contributed by atoms with Gasteiger partial charge in [0.1, 0.15) is 5.60 Å². The zero-order chi connectivity index (χ0) is 21.2. The first-order chi connectivity index (χ1) is 13.1. The monoisotopic (exact) mass is 525 g/mol. The minimum absolute atomic E-state index is 0. The van der Waals surface area contributed by atoms with Gasteiger partial charge in [-0.2, -0.15) is 0 Å². The molecule has 0 aliphatic carbocycles. The lowest BCUT2D eigenvalue weighted by molar-refractivity contribution is 0.0491. The second-order valence-corrected chi connectivity index (χ2v) is 9.06. The summed E-state index contributed by atoms with van der Waals surface area (Å²) in [6.45, 7) is 16.1. The van der Waals surface area contributed by atoms with Crippen LogP contribution in [0.1, 0.15) is 67.2 Å². The predicted molar refractivity (Wildman–Crippen MR) is 132 cm³/mol. The largest absolute Gasteiger partial charge is 0.444 e. The molecule has 1 aliphatic rings. The van der Waals surface area contributed by atoms with Crippen molar-refractivity contribution in [2.45, 2.75) is 84.9 Å². The van der Waals surface area contributed by atoms with E-state index in [1.807, 2.05) is 20.8 Å². The van der Waals surface area contributed by atoms with Crippen LogP contribution in [0.3, 0.4) is 0 Å². The van der Waals surface area contributed by atoms with Gasteiger partial charge in [-0.1, -0.05) is 27.2 Å². The molecule has 0 aromatic heterocycles. The normalized spacial score (nSPS) is 17.4. The lowest BCUT2D eigenvalue weighted by Crippen LogP contribution is -2.53. The minimum Gasteiger partial charge on any atom is -0.444 e. The maximum atomic E-state index is 12.1. The Morgan fingerprint density at radius 3 is 2.34 bits per heavy atom. The zero-order valence-electron chi connectivity index (χ0n) is 19.5. The van der Waals surface area contributed by atoms with E-state index in [2.05, 4.69) is 46.6 Å². The van der Waals surface area contributed by atoms with Crippen LogP contribution in [0.25, 0.3) is 0 Å². The van der Waals surface area contributed by atoms with Crippen molar-refractivity contribution in [3.63, 3.8) is 0 Å². The lowest BCUT2D eigenvalue weighted by Gasteiger charge is -2.33. The summed E-state index contributed by atoms with van der Waals surface area (Å²) in [7, 11) is 1.79. The number of likely N-dealkylation sites (tertiary alicyclic amines) is 1. The number of ether oxygens (including phenoxy) is 1. The first-order valence-corrected chi connectivity index (χ1v) is 10.8. The quantitative estimate of drug-likeness (QED) is 0.257. The van der Waals surface area contributed by atoms with E-state index in [-0.39, 0.29) is 42.0 Å². The Balaban J connectivity index is 0.00000784. The Kier molecular flexibility index (Phi) is 13.9. The molecule has 0 aromatic rings. The van der Waals surface area contributed by atoms with Crippen LogP contribution < -0.4 is 16.0 Å². The Hall–Kier alpha value is -0.770. The van der Waals surface area contributed by atoms with Gasteiger partial charge in [-0.25, -0.2) is 4.79 Å². The summed E-state index contributed by atoms with van der Waals surface area (Å²) in [6.07, 6.45) is 4.42. The smallest absolute Gasteiger partial charge is 0.407 e. The van der Waals surface area contributed by atoms with Crippen molar-refractivity contribution in [1.29, 1.82) is 0 Å². The number of nitrogens with one attached hydrogen (secondary N) is 3. The second-order valence-electron chi connectivity index (χ2n) is 9.06. The highest BCUT2D eigenvalue weighted by Gasteiger charge is 2.23. The summed E-state index contributed by atoms with van der Waals surface area (Å²) in [4.78, 5) is 19.0. The second kappa shape index (κ2) is 14.3. The molecule has 1 amide bonds. The molecule has 0 radical (unpaired) electrons. The third-order valence-corrected chi connectivity index (χ3v) is 4.98. The van der Waals surface area contributed by atoms with E-state index in [1.165, 1.54) is 19.4 Å². The molecule has 1 unspecified atom stereocenters. The number of alkyl carbamates (subject to hydrolysis) is 1. The fraction of sp³-hybridized carbons (Fsp3) is 0.905. The number of nitrogens with zero attached hydrogens (tertiary/aromatic N) is 2. The van der Waals surface area contributed by atoms with Gasteiger partial charge in [0.25, 0.3) is 0 Å². The summed E-state index contributed by atoms with van der Waals surface area (Å²) >= 11 is 0. The van der Waals surface area contributed by atoms with Crippen LogP contribution in [0.4, 0.5) is 4.79 Å². The first kappa shape index (κ1) is 28.2. The molecule has 0 bridgehead atoms. The van der Waals surface area contributed by atoms with Crippen molar-refractivity contribution in [3.8, 4) is 0 Å². The van der Waals surface area contributed by atoms with Gasteiger partial charge in [0.2, 0.25) is 0 Å². The van der Waals surface area contributed by atoms with Gasteiger partial charge in [0.05, 0.1) is 6.04 Å². The molecule has 1 rings (SSSR count). The lowest BCUT2D eigenvalue weighted by atomic mass is 10.0. The third-order valence-electron chi connectivity index (χ3n) is 4.98. The number of unbranched alkanes of at least 4 members (excludes halogenated alkanes) is 1. The molecule has 0 aromatic carbocycles. The van der Waals surface area contributed by atoms with Crippen molar-refractivity contribution in [2.24, 2.45) is 10.9 Å². The third kappa shape index (κ3) is 12.5. The van der Waals surface area contributed by atoms with E-state index in [0.717, 1.165) is 31.9 Å². The summed E-state index contributed by atoms with van der Waals surface area (Å²) in [6, 6.07) is 0.407. The van der Waals surface area contributed by atoms with Crippen LogP contribution in [0.15, 0.2) is 4.99 Å². The highest BCUT2D eigenvalue weighted by molar-refractivity contribution is 14.0. The van der Waals surface area contributed by atoms with E-state index < -0.39 is 5.60 Å². The van der Waals surface area contributed by atoms with Gasteiger partial charge in [-0.3, -0.25) is 4.99 Å². The van der Waals surface area contributed by atoms with E-state index in [0.29, 0.717) is 12.6 Å². The molecule has 1 heterocycles. The number of piperidine rings is 1. The van der Waals surface area contributed by atoms with Gasteiger partial charge in [0, 0.05) is 32.7 Å². The number of rotatable bonds is 8. The fourth-order valence-corrected chi connectivity index (χ4v) is 3.19. The summed E-state index contributed by atoms with van der Waals surface area (Å²) in [5.41, 5.74) is -0.497. The van der Waals surface area contributed by atoms with Gasteiger partial charge in [-0.05, 0) is 52.5 Å². The standard InChI is InChI=1S/C21H43N5O2.HI/c1-8-9-12-26-13-10-17(11-14-26)24-19(22-7)23-15-18(16(2)3)25-20(27)28-21(4,5)6;/h16-18H,8-15H2,1-7H3,(H,25,27)(H2,22,23,24);1H. The van der Waals surface area contributed by atoms with Crippen molar-refractivity contribution in [2.75, 3.05) is 33.2 Å². The average Bonchev–Trinajstić information content (AvgIpc) is 2.61. The number of amides is 1. The van der Waals surface area contributed by atoms with Gasteiger partial charge in [0.15, 0.2) is 5.96 Å². The van der Waals surface area contributed by atoms with Gasteiger partial charge in [-0.15, -0.1) is 24.0 Å². The number of halogens is 1. The minimum atomic E-state index is -0.497. The Morgan fingerprint density at radius 1 is 1.24 bits per heavy atom. The number of hydrogen-bond donors (Lipinski definition) is 3. The molecule has 1 saturated heterocycles. The molecule has 172 valence electrons. The average molecular weight is 526 g/mol. The zero-order valence-corrected chi connectivity index (χ0v) is 21.8. The Morgan fingerprint density at radius 2 is 1.86 bits per heavy atom. The molecule has 3 N–H and O–H groups in total. The predicted octanol–water partition coefficient (Wildman–Crippen LogP) is 3.58. The van der Waals surface area contributed by atoms with Crippen LogP contribution in [-0.2, 0) is 4.74 Å². The maximum Gasteiger partial charge on any atom is 0.407 e. The molecule has 0 saturated carbocycles. The van der Waals surface area contributed by atoms with Gasteiger partial charge < -0.3 is 25.6 Å². The van der Waals surface area contributed by atoms with Crippen molar-refractivity contribution in [3.05, 3.63) is 0 Å². The van der Waals surface area contributed by atoms with Crippen LogP contribution >= 0.6 is 24.0 Å². The van der Waals surface area contributed by atoms with Crippen LogP contribution in [0.2, 0.25) is 0 Å². The first-order valence-electron chi connectivity index (χ1n) is 10.8. The molecule has 1 fully saturated rings. The molecule has 29 heavy (non-hydrogen) atoms. The molecular formula is C21H44IN5O2. The Bertz CT molecular complexity index is 486.